The third-order valence-corrected chi connectivity index (χ3v) is 3.51. The summed E-state index contributed by atoms with van der Waals surface area (Å²) >= 11 is 13.0. The molecule has 1 atom stereocenters. The number of H-pyrrole nitrogens is 2. The van der Waals surface area contributed by atoms with Crippen LogP contribution in [0, 0.1) is 5.92 Å². The van der Waals surface area contributed by atoms with Crippen molar-refractivity contribution >= 4 is 34.9 Å². The SMILES string of the molecule is CCC(C)Cc1s[nH]n(Cl)[nH]c1Cl. The van der Waals surface area contributed by atoms with Crippen LogP contribution in [0.25, 0.3) is 0 Å². The number of aromatic nitrogens is 3. The molecule has 1 aromatic rings. The molecule has 0 amide bonds. The Morgan fingerprint density at radius 2 is 2.31 bits per heavy atom. The molecule has 0 radical (unpaired) electrons. The lowest BCUT2D eigenvalue weighted by Crippen LogP contribution is -2.02. The van der Waals surface area contributed by atoms with Crippen molar-refractivity contribution in [1.82, 2.24) is 13.9 Å². The maximum absolute atomic E-state index is 5.96. The number of halogens is 2. The molecular weight excluding hydrogens is 229 g/mol. The van der Waals surface area contributed by atoms with Crippen molar-refractivity contribution in [1.29, 1.82) is 0 Å². The van der Waals surface area contributed by atoms with Gasteiger partial charge in [0.2, 0.25) is 0 Å². The largest absolute Gasteiger partial charge is 0.256 e. The van der Waals surface area contributed by atoms with Crippen molar-refractivity contribution < 1.29 is 0 Å². The predicted octanol–water partition coefficient (Wildman–Crippen LogP) is 3.57. The van der Waals surface area contributed by atoms with Crippen LogP contribution in [-0.4, -0.2) is 13.9 Å². The van der Waals surface area contributed by atoms with Gasteiger partial charge in [-0.05, 0) is 23.9 Å². The van der Waals surface area contributed by atoms with Crippen molar-refractivity contribution in [3.8, 4) is 0 Å². The zero-order valence-electron chi connectivity index (χ0n) is 7.60. The molecule has 0 aliphatic heterocycles. The maximum atomic E-state index is 5.96. The van der Waals surface area contributed by atoms with Crippen LogP contribution >= 0.6 is 34.9 Å². The fourth-order valence-electron chi connectivity index (χ4n) is 0.903. The number of rotatable bonds is 3. The van der Waals surface area contributed by atoms with Crippen LogP contribution < -0.4 is 0 Å². The van der Waals surface area contributed by atoms with E-state index in [1.54, 1.807) is 0 Å². The molecule has 76 valence electrons. The van der Waals surface area contributed by atoms with Crippen LogP contribution in [0.2, 0.25) is 5.15 Å². The van der Waals surface area contributed by atoms with Gasteiger partial charge in [0, 0.05) is 0 Å². The zero-order valence-corrected chi connectivity index (χ0v) is 9.93. The van der Waals surface area contributed by atoms with Gasteiger partial charge in [0.05, 0.1) is 16.7 Å². The van der Waals surface area contributed by atoms with Gasteiger partial charge in [0.1, 0.15) is 5.15 Å². The molecule has 1 aromatic heterocycles. The van der Waals surface area contributed by atoms with E-state index >= 15 is 0 Å². The summed E-state index contributed by atoms with van der Waals surface area (Å²) in [5.74, 6) is 0.640. The van der Waals surface area contributed by atoms with Crippen molar-refractivity contribution in [3.05, 3.63) is 10.0 Å². The van der Waals surface area contributed by atoms with Gasteiger partial charge in [-0.25, -0.2) is 4.49 Å². The monoisotopic (exact) mass is 241 g/mol. The highest BCUT2D eigenvalue weighted by molar-refractivity contribution is 7.05. The Balaban J connectivity index is 2.77. The minimum Gasteiger partial charge on any atom is -0.256 e. The summed E-state index contributed by atoms with van der Waals surface area (Å²) in [5.41, 5.74) is 0. The molecule has 13 heavy (non-hydrogen) atoms. The minimum atomic E-state index is 0.610. The molecule has 1 rings (SSSR count). The number of nitrogens with one attached hydrogen (secondary N) is 2. The molecule has 1 heterocycles. The first-order chi connectivity index (χ1) is 6.13. The molecule has 0 aliphatic carbocycles. The van der Waals surface area contributed by atoms with E-state index in [0.717, 1.165) is 17.7 Å². The van der Waals surface area contributed by atoms with Crippen LogP contribution in [-0.2, 0) is 6.42 Å². The van der Waals surface area contributed by atoms with Gasteiger partial charge in [-0.2, -0.15) is 0 Å². The molecular formula is C7H13Cl2N3S. The van der Waals surface area contributed by atoms with E-state index in [-0.39, 0.29) is 0 Å². The summed E-state index contributed by atoms with van der Waals surface area (Å²) in [6.45, 7) is 4.37. The molecule has 0 bridgehead atoms. The maximum Gasteiger partial charge on any atom is 0.138 e. The van der Waals surface area contributed by atoms with Gasteiger partial charge in [-0.1, -0.05) is 31.9 Å². The lowest BCUT2D eigenvalue weighted by molar-refractivity contribution is 0.562. The number of hydrogen-bond donors (Lipinski definition) is 2. The highest BCUT2D eigenvalue weighted by Gasteiger charge is 2.06. The van der Waals surface area contributed by atoms with Crippen LogP contribution in [0.5, 0.6) is 0 Å². The smallest absolute Gasteiger partial charge is 0.138 e. The Kier molecular flexibility index (Phi) is 4.22. The first kappa shape index (κ1) is 11.0. The van der Waals surface area contributed by atoms with Gasteiger partial charge in [0.15, 0.2) is 0 Å². The molecule has 0 spiro atoms. The van der Waals surface area contributed by atoms with E-state index < -0.39 is 0 Å². The summed E-state index contributed by atoms with van der Waals surface area (Å²) in [6.07, 6.45) is 2.13. The van der Waals surface area contributed by atoms with Crippen molar-refractivity contribution in [2.45, 2.75) is 26.7 Å². The Hall–Kier alpha value is -0.0600. The quantitative estimate of drug-likeness (QED) is 0.812. The standard InChI is InChI=1S/C7H13Cl2N3S/c1-3-5(2)4-6-7(8)10-12(9)11-13-6/h5,10-11H,3-4H2,1-2H3. The first-order valence-electron chi connectivity index (χ1n) is 4.17. The molecule has 6 heteroatoms. The molecule has 0 saturated carbocycles. The van der Waals surface area contributed by atoms with E-state index in [9.17, 15) is 0 Å². The summed E-state index contributed by atoms with van der Waals surface area (Å²) in [7, 11) is 0. The fourth-order valence-corrected chi connectivity index (χ4v) is 2.15. The second-order valence-corrected chi connectivity index (χ2v) is 4.64. The van der Waals surface area contributed by atoms with Crippen molar-refractivity contribution in [2.24, 2.45) is 5.92 Å². The second-order valence-electron chi connectivity index (χ2n) is 3.04. The van der Waals surface area contributed by atoms with Crippen LogP contribution in [0.15, 0.2) is 0 Å². The van der Waals surface area contributed by atoms with Crippen molar-refractivity contribution in [2.75, 3.05) is 0 Å². The van der Waals surface area contributed by atoms with Crippen molar-refractivity contribution in [3.63, 3.8) is 0 Å². The number of hydrogen-bond acceptors (Lipinski definition) is 1. The Morgan fingerprint density at radius 1 is 1.62 bits per heavy atom. The van der Waals surface area contributed by atoms with E-state index in [4.69, 9.17) is 23.4 Å². The Labute approximate surface area is 91.6 Å². The van der Waals surface area contributed by atoms with Crippen LogP contribution in [0.3, 0.4) is 0 Å². The number of aromatic amines is 2. The zero-order chi connectivity index (χ0) is 9.84. The summed E-state index contributed by atoms with van der Waals surface area (Å²) in [6, 6.07) is 0. The molecule has 3 nitrogen and oxygen atoms in total. The highest BCUT2D eigenvalue weighted by atomic mass is 35.5. The van der Waals surface area contributed by atoms with Gasteiger partial charge in [0.25, 0.3) is 0 Å². The Morgan fingerprint density at radius 3 is 2.85 bits per heavy atom. The average Bonchev–Trinajstić information content (AvgIpc) is 2.09. The van der Waals surface area contributed by atoms with E-state index in [2.05, 4.69) is 23.4 Å². The third kappa shape index (κ3) is 3.29. The fraction of sp³-hybridized carbons (Fsp3) is 0.714. The van der Waals surface area contributed by atoms with Crippen LogP contribution in [0.4, 0.5) is 0 Å². The highest BCUT2D eigenvalue weighted by Crippen LogP contribution is 2.20. The summed E-state index contributed by atoms with van der Waals surface area (Å²) in [5, 5.41) is 3.38. The van der Waals surface area contributed by atoms with Gasteiger partial charge in [-0.15, -0.1) is 4.32 Å². The minimum absolute atomic E-state index is 0.610. The second kappa shape index (κ2) is 4.98. The predicted molar refractivity (Wildman–Crippen MR) is 58.1 cm³/mol. The van der Waals surface area contributed by atoms with Gasteiger partial charge in [-0.3, -0.25) is 5.10 Å². The summed E-state index contributed by atoms with van der Waals surface area (Å²) in [4.78, 5) is 1.10. The average molecular weight is 242 g/mol. The van der Waals surface area contributed by atoms with E-state index in [1.165, 1.54) is 15.8 Å². The molecule has 0 fully saturated rings. The number of nitrogens with zero attached hydrogens (tertiary/aromatic N) is 1. The molecule has 0 aromatic carbocycles. The molecule has 2 N–H and O–H groups in total. The first-order valence-corrected chi connectivity index (χ1v) is 5.70. The van der Waals surface area contributed by atoms with E-state index in [1.807, 2.05) is 0 Å². The molecule has 0 aliphatic rings. The topological polar surface area (TPSA) is 36.5 Å². The lowest BCUT2D eigenvalue weighted by atomic mass is 10.1. The van der Waals surface area contributed by atoms with Crippen LogP contribution in [0.1, 0.15) is 25.1 Å². The van der Waals surface area contributed by atoms with Gasteiger partial charge >= 0.3 is 0 Å². The summed E-state index contributed by atoms with van der Waals surface area (Å²) < 4.78 is 4.07. The van der Waals surface area contributed by atoms with Gasteiger partial charge < -0.3 is 0 Å². The van der Waals surface area contributed by atoms with E-state index in [0.29, 0.717) is 11.1 Å². The third-order valence-electron chi connectivity index (χ3n) is 1.92. The Bertz CT molecular complexity index is 295. The lowest BCUT2D eigenvalue weighted by Gasteiger charge is -2.09. The normalized spacial score (nSPS) is 12.9. The molecule has 0 saturated heterocycles. The molecule has 1 unspecified atom stereocenters.